The van der Waals surface area contributed by atoms with E-state index in [0.717, 1.165) is 13.1 Å². The Kier molecular flexibility index (Phi) is 2.28. The van der Waals surface area contributed by atoms with E-state index in [4.69, 9.17) is 5.73 Å². The van der Waals surface area contributed by atoms with Gasteiger partial charge in [0.05, 0.1) is 0 Å². The first kappa shape index (κ1) is 6.52. The van der Waals surface area contributed by atoms with Crippen molar-refractivity contribution in [2.24, 2.45) is 5.73 Å². The maximum Gasteiger partial charge on any atom is 0.0428 e. The SMILES string of the molecule is NC1[C]CNCC1Br. The second kappa shape index (κ2) is 2.80. The predicted molar refractivity (Wildman–Crippen MR) is 36.8 cm³/mol. The van der Waals surface area contributed by atoms with Crippen LogP contribution in [0.4, 0.5) is 0 Å². The van der Waals surface area contributed by atoms with Crippen LogP contribution in [0.25, 0.3) is 0 Å². The number of piperidine rings is 1. The van der Waals surface area contributed by atoms with E-state index in [1.54, 1.807) is 0 Å². The standard InChI is InChI=1S/C5H9BrN2/c6-4-3-8-2-1-5(4)7/h4-5,8H,2-3,7H2. The Morgan fingerprint density at radius 2 is 2.50 bits per heavy atom. The minimum absolute atomic E-state index is 0.108. The first-order chi connectivity index (χ1) is 3.80. The summed E-state index contributed by atoms with van der Waals surface area (Å²) in [5.74, 6) is 0. The molecule has 0 aromatic rings. The van der Waals surface area contributed by atoms with E-state index in [2.05, 4.69) is 27.7 Å². The molecule has 1 aliphatic heterocycles. The van der Waals surface area contributed by atoms with Gasteiger partial charge in [0.2, 0.25) is 0 Å². The second-order valence-electron chi connectivity index (χ2n) is 1.88. The molecule has 0 bridgehead atoms. The van der Waals surface area contributed by atoms with Crippen LogP contribution >= 0.6 is 15.9 Å². The quantitative estimate of drug-likeness (QED) is 0.501. The molecule has 0 aromatic carbocycles. The third kappa shape index (κ3) is 1.44. The van der Waals surface area contributed by atoms with Gasteiger partial charge in [-0.15, -0.1) is 0 Å². The van der Waals surface area contributed by atoms with Crippen LogP contribution in [0.2, 0.25) is 0 Å². The molecular formula is C5H9BrN2. The maximum atomic E-state index is 5.58. The zero-order valence-electron chi connectivity index (χ0n) is 4.52. The van der Waals surface area contributed by atoms with Crippen LogP contribution in [-0.4, -0.2) is 24.0 Å². The molecular weight excluding hydrogens is 168 g/mol. The van der Waals surface area contributed by atoms with Gasteiger partial charge >= 0.3 is 0 Å². The second-order valence-corrected chi connectivity index (χ2v) is 3.05. The monoisotopic (exact) mass is 176 g/mol. The predicted octanol–water partition coefficient (Wildman–Crippen LogP) is -0.238. The number of nitrogens with two attached hydrogens (primary N) is 1. The summed E-state index contributed by atoms with van der Waals surface area (Å²) in [5.41, 5.74) is 5.58. The molecule has 0 amide bonds. The van der Waals surface area contributed by atoms with E-state index in [-0.39, 0.29) is 6.04 Å². The first-order valence-corrected chi connectivity index (χ1v) is 3.56. The van der Waals surface area contributed by atoms with Crippen LogP contribution in [0, 0.1) is 6.42 Å². The summed E-state index contributed by atoms with van der Waals surface area (Å²) in [6, 6.07) is 0.108. The lowest BCUT2D eigenvalue weighted by atomic mass is 10.1. The summed E-state index contributed by atoms with van der Waals surface area (Å²) in [4.78, 5) is 0.372. The number of halogens is 1. The van der Waals surface area contributed by atoms with Crippen molar-refractivity contribution in [1.82, 2.24) is 5.32 Å². The van der Waals surface area contributed by atoms with Gasteiger partial charge in [-0.05, 0) is 0 Å². The molecule has 3 N–H and O–H groups in total. The highest BCUT2D eigenvalue weighted by atomic mass is 79.9. The summed E-state index contributed by atoms with van der Waals surface area (Å²) < 4.78 is 0. The minimum Gasteiger partial charge on any atom is -0.326 e. The fraction of sp³-hybridized carbons (Fsp3) is 0.800. The zero-order chi connectivity index (χ0) is 5.98. The van der Waals surface area contributed by atoms with Gasteiger partial charge in [-0.2, -0.15) is 0 Å². The molecule has 1 saturated heterocycles. The van der Waals surface area contributed by atoms with Gasteiger partial charge in [0.1, 0.15) is 0 Å². The van der Waals surface area contributed by atoms with Gasteiger partial charge in [-0.3, -0.25) is 0 Å². The Hall–Kier alpha value is 0.400. The van der Waals surface area contributed by atoms with Crippen molar-refractivity contribution in [2.45, 2.75) is 10.9 Å². The summed E-state index contributed by atoms with van der Waals surface area (Å²) in [5, 5.41) is 3.13. The van der Waals surface area contributed by atoms with E-state index in [9.17, 15) is 0 Å². The molecule has 1 fully saturated rings. The third-order valence-corrected chi connectivity index (χ3v) is 2.09. The topological polar surface area (TPSA) is 38.0 Å². The normalized spacial score (nSPS) is 39.8. The molecule has 1 rings (SSSR count). The van der Waals surface area contributed by atoms with E-state index < -0.39 is 0 Å². The summed E-state index contributed by atoms with van der Waals surface area (Å²) in [6.07, 6.45) is 3.05. The fourth-order valence-corrected chi connectivity index (χ4v) is 1.07. The van der Waals surface area contributed by atoms with Crippen LogP contribution in [0.15, 0.2) is 0 Å². The minimum atomic E-state index is 0.108. The average molecular weight is 177 g/mol. The van der Waals surface area contributed by atoms with Crippen molar-refractivity contribution in [3.05, 3.63) is 6.42 Å². The lowest BCUT2D eigenvalue weighted by Gasteiger charge is -2.23. The molecule has 0 spiro atoms. The van der Waals surface area contributed by atoms with Crippen LogP contribution in [0.1, 0.15) is 0 Å². The molecule has 1 aliphatic rings. The van der Waals surface area contributed by atoms with Gasteiger partial charge in [0.15, 0.2) is 0 Å². The number of alkyl halides is 1. The van der Waals surface area contributed by atoms with Crippen LogP contribution < -0.4 is 11.1 Å². The van der Waals surface area contributed by atoms with Gasteiger partial charge in [-0.25, -0.2) is 0 Å². The van der Waals surface area contributed by atoms with Crippen molar-refractivity contribution in [3.8, 4) is 0 Å². The molecule has 0 aromatic heterocycles. The van der Waals surface area contributed by atoms with Crippen molar-refractivity contribution >= 4 is 15.9 Å². The fourth-order valence-electron chi connectivity index (χ4n) is 0.655. The van der Waals surface area contributed by atoms with E-state index in [0.29, 0.717) is 4.83 Å². The molecule has 0 saturated carbocycles. The Morgan fingerprint density at radius 1 is 1.75 bits per heavy atom. The van der Waals surface area contributed by atoms with E-state index in [1.807, 2.05) is 0 Å². The van der Waals surface area contributed by atoms with E-state index >= 15 is 0 Å². The zero-order valence-corrected chi connectivity index (χ0v) is 6.11. The molecule has 8 heavy (non-hydrogen) atoms. The van der Waals surface area contributed by atoms with Crippen molar-refractivity contribution < 1.29 is 0 Å². The van der Waals surface area contributed by atoms with Crippen molar-refractivity contribution in [1.29, 1.82) is 0 Å². The molecule has 2 nitrogen and oxygen atoms in total. The van der Waals surface area contributed by atoms with E-state index in [1.165, 1.54) is 0 Å². The lowest BCUT2D eigenvalue weighted by molar-refractivity contribution is 0.562. The maximum absolute atomic E-state index is 5.58. The van der Waals surface area contributed by atoms with Gasteiger partial charge < -0.3 is 11.1 Å². The average Bonchev–Trinajstić information content (AvgIpc) is 1.77. The summed E-state index contributed by atoms with van der Waals surface area (Å²) in [6.45, 7) is 1.78. The molecule has 0 aliphatic carbocycles. The molecule has 3 heteroatoms. The van der Waals surface area contributed by atoms with Crippen LogP contribution in [0.3, 0.4) is 0 Å². The highest BCUT2D eigenvalue weighted by molar-refractivity contribution is 9.09. The van der Waals surface area contributed by atoms with Crippen molar-refractivity contribution in [3.63, 3.8) is 0 Å². The summed E-state index contributed by atoms with van der Waals surface area (Å²) in [7, 11) is 0. The molecule has 2 radical (unpaired) electrons. The smallest absolute Gasteiger partial charge is 0.0428 e. The third-order valence-electron chi connectivity index (χ3n) is 1.19. The largest absolute Gasteiger partial charge is 0.326 e. The number of rotatable bonds is 0. The molecule has 2 atom stereocenters. The Bertz CT molecular complexity index is 66.8. The Balaban J connectivity index is 2.28. The highest BCUT2D eigenvalue weighted by Gasteiger charge is 2.18. The molecule has 46 valence electrons. The summed E-state index contributed by atoms with van der Waals surface area (Å²) >= 11 is 3.40. The van der Waals surface area contributed by atoms with Crippen LogP contribution in [-0.2, 0) is 0 Å². The highest BCUT2D eigenvalue weighted by Crippen LogP contribution is 2.07. The van der Waals surface area contributed by atoms with Gasteiger partial charge in [0.25, 0.3) is 0 Å². The molecule has 2 unspecified atom stereocenters. The Labute approximate surface area is 58.0 Å². The van der Waals surface area contributed by atoms with Gasteiger partial charge in [0, 0.05) is 30.4 Å². The van der Waals surface area contributed by atoms with Crippen LogP contribution in [0.5, 0.6) is 0 Å². The first-order valence-electron chi connectivity index (χ1n) is 2.64. The Morgan fingerprint density at radius 3 is 2.88 bits per heavy atom. The van der Waals surface area contributed by atoms with Gasteiger partial charge in [-0.1, -0.05) is 15.9 Å². The molecule has 1 heterocycles. The number of nitrogens with one attached hydrogen (secondary N) is 1. The van der Waals surface area contributed by atoms with Crippen molar-refractivity contribution in [2.75, 3.05) is 13.1 Å². The number of hydrogen-bond donors (Lipinski definition) is 2. The number of hydrogen-bond acceptors (Lipinski definition) is 2. The lowest BCUT2D eigenvalue weighted by Crippen LogP contribution is -2.45.